The predicted molar refractivity (Wildman–Crippen MR) is 87.4 cm³/mol. The Morgan fingerprint density at radius 2 is 1.92 bits per heavy atom. The van der Waals surface area contributed by atoms with Crippen molar-refractivity contribution >= 4 is 17.5 Å². The highest BCUT2D eigenvalue weighted by atomic mass is 16.5. The maximum Gasteiger partial charge on any atom is 0.256 e. The fraction of sp³-hybridized carbons (Fsp3) is 0.467. The molecule has 0 atom stereocenters. The summed E-state index contributed by atoms with van der Waals surface area (Å²) in [7, 11) is 3.16. The van der Waals surface area contributed by atoms with E-state index in [1.54, 1.807) is 0 Å². The molecular weight excluding hydrogens is 318 g/mol. The van der Waals surface area contributed by atoms with Gasteiger partial charge in [-0.15, -0.1) is 0 Å². The first-order valence-electron chi connectivity index (χ1n) is 7.31. The number of carbonyl (C=O) groups excluding carboxylic acids is 2. The fourth-order valence-electron chi connectivity index (χ4n) is 1.83. The number of rotatable bonds is 11. The summed E-state index contributed by atoms with van der Waals surface area (Å²) in [5.74, 6) is -1.69. The fourth-order valence-corrected chi connectivity index (χ4v) is 1.83. The number of nitrogens with two attached hydrogens (primary N) is 1. The molecule has 0 aliphatic heterocycles. The highest BCUT2D eigenvalue weighted by Crippen LogP contribution is 2.34. The average molecular weight is 341 g/mol. The van der Waals surface area contributed by atoms with Crippen LogP contribution in [-0.2, 0) is 14.3 Å². The average Bonchev–Trinajstić information content (AvgIpc) is 2.55. The van der Waals surface area contributed by atoms with E-state index in [2.05, 4.69) is 10.6 Å². The second-order valence-electron chi connectivity index (χ2n) is 4.72. The van der Waals surface area contributed by atoms with Crippen LogP contribution in [0.15, 0.2) is 12.1 Å². The molecule has 134 valence electrons. The lowest BCUT2D eigenvalue weighted by Crippen LogP contribution is -2.21. The monoisotopic (exact) mass is 341 g/mol. The summed E-state index contributed by atoms with van der Waals surface area (Å²) in [6.07, 6.45) is 0. The highest BCUT2D eigenvalue weighted by Gasteiger charge is 2.19. The third-order valence-electron chi connectivity index (χ3n) is 2.98. The number of anilines is 1. The number of phenols is 1. The normalized spacial score (nSPS) is 10.4. The number of hydrogen-bond acceptors (Lipinski definition) is 7. The van der Waals surface area contributed by atoms with Gasteiger partial charge in [-0.2, -0.15) is 0 Å². The molecule has 0 saturated carbocycles. The van der Waals surface area contributed by atoms with Gasteiger partial charge in [0.15, 0.2) is 5.75 Å². The Morgan fingerprint density at radius 3 is 2.54 bits per heavy atom. The predicted octanol–water partition coefficient (Wildman–Crippen LogP) is -0.309. The molecule has 0 fully saturated rings. The first-order valence-corrected chi connectivity index (χ1v) is 7.31. The Balaban J connectivity index is 2.50. The minimum atomic E-state index is -0.865. The first-order chi connectivity index (χ1) is 11.5. The van der Waals surface area contributed by atoms with Crippen molar-refractivity contribution in [1.29, 1.82) is 0 Å². The summed E-state index contributed by atoms with van der Waals surface area (Å²) in [4.78, 5) is 23.2. The minimum Gasteiger partial charge on any atom is -0.505 e. The van der Waals surface area contributed by atoms with E-state index in [0.717, 1.165) is 6.54 Å². The lowest BCUT2D eigenvalue weighted by Gasteiger charge is -2.13. The number of aromatic hydroxyl groups is 1. The van der Waals surface area contributed by atoms with E-state index in [0.29, 0.717) is 13.2 Å². The smallest absolute Gasteiger partial charge is 0.256 e. The molecule has 0 aliphatic carbocycles. The molecule has 1 rings (SSSR count). The largest absolute Gasteiger partial charge is 0.505 e. The van der Waals surface area contributed by atoms with E-state index in [1.165, 1.54) is 19.2 Å². The van der Waals surface area contributed by atoms with E-state index in [4.69, 9.17) is 19.9 Å². The number of benzene rings is 1. The van der Waals surface area contributed by atoms with Gasteiger partial charge in [-0.3, -0.25) is 9.59 Å². The molecule has 9 nitrogen and oxygen atoms in total. The third kappa shape index (κ3) is 6.03. The van der Waals surface area contributed by atoms with E-state index in [-0.39, 0.29) is 30.2 Å². The van der Waals surface area contributed by atoms with Gasteiger partial charge in [0.05, 0.1) is 32.6 Å². The van der Waals surface area contributed by atoms with Crippen LogP contribution in [0.3, 0.4) is 0 Å². The van der Waals surface area contributed by atoms with Crippen LogP contribution in [0.4, 0.5) is 5.69 Å². The zero-order chi connectivity index (χ0) is 17.9. The van der Waals surface area contributed by atoms with Crippen molar-refractivity contribution in [2.24, 2.45) is 5.73 Å². The van der Waals surface area contributed by atoms with Crippen LogP contribution < -0.4 is 21.1 Å². The number of ether oxygens (including phenoxy) is 3. The topological polar surface area (TPSA) is 132 Å². The number of primary amides is 1. The summed E-state index contributed by atoms with van der Waals surface area (Å²) in [6, 6.07) is 2.82. The van der Waals surface area contributed by atoms with E-state index < -0.39 is 17.6 Å². The standard InChI is InChI=1S/C15H23N3O6/c1-17-5-6-23-7-8-24-9-12(19)18-10-3-4-11(22-2)13(14(10)20)15(16)21/h3-4,17,20H,5-9H2,1-2H3,(H2,16,21)(H,18,19). The maximum absolute atomic E-state index is 11.8. The lowest BCUT2D eigenvalue weighted by molar-refractivity contribution is -0.121. The molecule has 0 radical (unpaired) electrons. The van der Waals surface area contributed by atoms with Gasteiger partial charge in [0.1, 0.15) is 17.9 Å². The molecule has 0 aliphatic rings. The van der Waals surface area contributed by atoms with Crippen LogP contribution in [-0.4, -0.2) is 64.1 Å². The molecule has 24 heavy (non-hydrogen) atoms. The number of likely N-dealkylation sites (N-methyl/N-ethyl adjacent to an activating group) is 1. The van der Waals surface area contributed by atoms with Crippen molar-refractivity contribution in [2.75, 3.05) is 52.4 Å². The second-order valence-corrected chi connectivity index (χ2v) is 4.72. The van der Waals surface area contributed by atoms with Crippen LogP contribution in [0.5, 0.6) is 11.5 Å². The number of amides is 2. The van der Waals surface area contributed by atoms with Gasteiger partial charge >= 0.3 is 0 Å². The summed E-state index contributed by atoms with van der Waals surface area (Å²) in [5.41, 5.74) is 5.05. The molecule has 0 spiro atoms. The van der Waals surface area contributed by atoms with Crippen molar-refractivity contribution in [3.8, 4) is 11.5 Å². The van der Waals surface area contributed by atoms with Gasteiger partial charge in [0.2, 0.25) is 5.91 Å². The Kier molecular flexibility index (Phi) is 8.55. The molecule has 1 aromatic carbocycles. The minimum absolute atomic E-state index is 0.0449. The van der Waals surface area contributed by atoms with Gasteiger partial charge in [-0.1, -0.05) is 0 Å². The third-order valence-corrected chi connectivity index (χ3v) is 2.98. The SMILES string of the molecule is CNCCOCCOCC(=O)Nc1ccc(OC)c(C(N)=O)c1O. The van der Waals surface area contributed by atoms with Crippen LogP contribution >= 0.6 is 0 Å². The Hall–Kier alpha value is -2.36. The summed E-state index contributed by atoms with van der Waals surface area (Å²) in [5, 5.41) is 15.4. The molecule has 1 aromatic rings. The first kappa shape index (κ1) is 19.7. The van der Waals surface area contributed by atoms with Gasteiger partial charge < -0.3 is 35.7 Å². The summed E-state index contributed by atoms with van der Waals surface area (Å²) >= 11 is 0. The number of nitrogens with one attached hydrogen (secondary N) is 2. The van der Waals surface area contributed by atoms with Gasteiger partial charge in [-0.25, -0.2) is 0 Å². The van der Waals surface area contributed by atoms with Crippen molar-refractivity contribution in [1.82, 2.24) is 5.32 Å². The Labute approximate surface area is 140 Å². The molecule has 5 N–H and O–H groups in total. The van der Waals surface area contributed by atoms with Gasteiger partial charge in [0.25, 0.3) is 5.91 Å². The van der Waals surface area contributed by atoms with Crippen LogP contribution in [0.1, 0.15) is 10.4 Å². The van der Waals surface area contributed by atoms with Gasteiger partial charge in [0, 0.05) is 6.54 Å². The van der Waals surface area contributed by atoms with E-state index in [9.17, 15) is 14.7 Å². The summed E-state index contributed by atoms with van der Waals surface area (Å²) < 4.78 is 15.3. The lowest BCUT2D eigenvalue weighted by atomic mass is 10.1. The molecule has 0 aromatic heterocycles. The van der Waals surface area contributed by atoms with Crippen LogP contribution in [0, 0.1) is 0 Å². The second kappa shape index (κ2) is 10.4. The van der Waals surface area contributed by atoms with Crippen molar-refractivity contribution in [3.63, 3.8) is 0 Å². The van der Waals surface area contributed by atoms with E-state index in [1.807, 2.05) is 7.05 Å². The zero-order valence-corrected chi connectivity index (χ0v) is 13.8. The maximum atomic E-state index is 11.8. The number of methoxy groups -OCH3 is 1. The van der Waals surface area contributed by atoms with E-state index >= 15 is 0 Å². The van der Waals surface area contributed by atoms with Crippen molar-refractivity contribution in [3.05, 3.63) is 17.7 Å². The number of carbonyl (C=O) groups is 2. The number of hydrogen-bond donors (Lipinski definition) is 4. The van der Waals surface area contributed by atoms with Gasteiger partial charge in [-0.05, 0) is 19.2 Å². The summed E-state index contributed by atoms with van der Waals surface area (Å²) in [6.45, 7) is 1.71. The molecule has 0 bridgehead atoms. The van der Waals surface area contributed by atoms with Crippen molar-refractivity contribution < 1.29 is 28.9 Å². The van der Waals surface area contributed by atoms with Crippen LogP contribution in [0.2, 0.25) is 0 Å². The zero-order valence-electron chi connectivity index (χ0n) is 13.8. The quantitative estimate of drug-likeness (QED) is 0.321. The highest BCUT2D eigenvalue weighted by molar-refractivity contribution is 6.02. The Morgan fingerprint density at radius 1 is 1.21 bits per heavy atom. The Bertz CT molecular complexity index is 564. The molecule has 0 unspecified atom stereocenters. The molecule has 0 heterocycles. The molecule has 2 amide bonds. The molecular formula is C15H23N3O6. The van der Waals surface area contributed by atoms with Crippen LogP contribution in [0.25, 0.3) is 0 Å². The van der Waals surface area contributed by atoms with Crippen molar-refractivity contribution in [2.45, 2.75) is 0 Å². The molecule has 0 saturated heterocycles. The molecule has 9 heteroatoms.